The first-order chi connectivity index (χ1) is 19.9. The van der Waals surface area contributed by atoms with E-state index in [0.717, 1.165) is 16.7 Å². The van der Waals surface area contributed by atoms with Gasteiger partial charge in [0.15, 0.2) is 17.0 Å². The number of aliphatic hydroxyl groups is 3. The van der Waals surface area contributed by atoms with Gasteiger partial charge in [0.25, 0.3) is 0 Å². The third-order valence-corrected chi connectivity index (χ3v) is 7.72. The maximum absolute atomic E-state index is 14.8. The fourth-order valence-corrected chi connectivity index (χ4v) is 5.53. The average Bonchev–Trinajstić information content (AvgIpc) is 3.03. The van der Waals surface area contributed by atoms with Crippen molar-refractivity contribution in [3.8, 4) is 0 Å². The molecule has 4 rings (SSSR count). The molecule has 0 aliphatic rings. The van der Waals surface area contributed by atoms with Crippen molar-refractivity contribution in [2.75, 3.05) is 6.61 Å². The Morgan fingerprint density at radius 1 is 0.683 bits per heavy atom. The van der Waals surface area contributed by atoms with Gasteiger partial charge in [-0.1, -0.05) is 121 Å². The maximum Gasteiger partial charge on any atom is 0.172 e. The Morgan fingerprint density at radius 2 is 1.12 bits per heavy atom. The van der Waals surface area contributed by atoms with Gasteiger partial charge in [0.05, 0.1) is 25.1 Å². The number of hydrogen-bond acceptors (Lipinski definition) is 6. The summed E-state index contributed by atoms with van der Waals surface area (Å²) in [7, 11) is 0. The summed E-state index contributed by atoms with van der Waals surface area (Å²) in [5.74, 6) is -0.399. The molecule has 0 heterocycles. The fourth-order valence-electron chi connectivity index (χ4n) is 5.26. The Hall–Kier alpha value is -3.36. The number of rotatable bonds is 15. The van der Waals surface area contributed by atoms with Crippen LogP contribution in [0.15, 0.2) is 121 Å². The first-order valence-electron chi connectivity index (χ1n) is 13.5. The molecule has 0 aromatic heterocycles. The van der Waals surface area contributed by atoms with Crippen molar-refractivity contribution in [1.29, 1.82) is 0 Å². The van der Waals surface area contributed by atoms with Crippen LogP contribution in [0, 0.1) is 0 Å². The van der Waals surface area contributed by atoms with Crippen LogP contribution in [0.4, 0.5) is 0 Å². The number of hydrogen-bond donors (Lipinski definition) is 3. The second kappa shape index (κ2) is 14.5. The van der Waals surface area contributed by atoms with Crippen LogP contribution in [0.1, 0.15) is 22.3 Å². The summed E-state index contributed by atoms with van der Waals surface area (Å²) in [6, 6.07) is 36.9. The monoisotopic (exact) mass is 574 g/mol. The second-order valence-corrected chi connectivity index (χ2v) is 10.3. The van der Waals surface area contributed by atoms with Gasteiger partial charge in [-0.15, -0.1) is 0 Å². The fraction of sp³-hybridized carbons (Fsp3) is 0.265. The van der Waals surface area contributed by atoms with Crippen LogP contribution in [0.5, 0.6) is 0 Å². The first kappa shape index (κ1) is 30.6. The van der Waals surface area contributed by atoms with Crippen LogP contribution in [-0.4, -0.2) is 51.1 Å². The molecule has 4 aromatic carbocycles. The molecular formula is C34H35ClO6. The lowest BCUT2D eigenvalue weighted by Crippen LogP contribution is -2.71. The predicted molar refractivity (Wildman–Crippen MR) is 158 cm³/mol. The molecule has 0 spiro atoms. The molecule has 0 fully saturated rings. The third kappa shape index (κ3) is 7.11. The van der Waals surface area contributed by atoms with Crippen molar-refractivity contribution in [1.82, 2.24) is 0 Å². The number of Topliss-reactive ketones (excluding diaryl/α,β-unsaturated/α-hetero) is 1. The lowest BCUT2D eigenvalue weighted by Gasteiger charge is -2.50. The zero-order valence-electron chi connectivity index (χ0n) is 22.7. The molecule has 6 nitrogen and oxygen atoms in total. The van der Waals surface area contributed by atoms with Gasteiger partial charge in [0, 0.05) is 19.3 Å². The van der Waals surface area contributed by atoms with Gasteiger partial charge < -0.3 is 20.1 Å². The van der Waals surface area contributed by atoms with E-state index in [1.54, 1.807) is 0 Å². The lowest BCUT2D eigenvalue weighted by atomic mass is 9.67. The van der Waals surface area contributed by atoms with E-state index in [1.807, 2.05) is 121 Å². The molecule has 4 aromatic rings. The molecule has 0 aliphatic heterocycles. The molecule has 0 saturated heterocycles. The number of benzene rings is 4. The van der Waals surface area contributed by atoms with E-state index < -0.39 is 35.8 Å². The Labute approximate surface area is 245 Å². The van der Waals surface area contributed by atoms with E-state index in [4.69, 9.17) is 20.9 Å². The predicted octanol–water partition coefficient (Wildman–Crippen LogP) is 4.86. The summed E-state index contributed by atoms with van der Waals surface area (Å²) in [6.07, 6.45) is -3.68. The molecule has 0 amide bonds. The molecule has 4 atom stereocenters. The van der Waals surface area contributed by atoms with Crippen LogP contribution >= 0.6 is 11.9 Å². The molecule has 41 heavy (non-hydrogen) atoms. The number of aliphatic hydroxyl groups excluding tert-OH is 3. The SMILES string of the molecule is O=C(Cc1ccccc1)[C@](Cc1ccccc1)(OCc1ccccc1)[C@@](Cc1ccccc1)(OCl)[C@@H](O)[C@H](O)CO. The van der Waals surface area contributed by atoms with E-state index in [2.05, 4.69) is 0 Å². The van der Waals surface area contributed by atoms with Gasteiger partial charge in [0.2, 0.25) is 0 Å². The van der Waals surface area contributed by atoms with Crippen molar-refractivity contribution in [3.63, 3.8) is 0 Å². The first-order valence-corrected chi connectivity index (χ1v) is 13.8. The topological polar surface area (TPSA) is 96.2 Å². The Balaban J connectivity index is 1.96. The molecular weight excluding hydrogens is 540 g/mol. The standard InChI is InChI=1S/C34H35ClO6/c35-41-34(32(39)30(37)24-36,23-28-17-9-3-10-18-28)33(22-27-15-7-2-8-16-27,40-25-29-19-11-4-12-20-29)31(38)21-26-13-5-1-6-14-26/h1-20,30,32,36-37,39H,21-25H2/t30-,32+,33+,34+/m1/s1. The van der Waals surface area contributed by atoms with E-state index in [1.165, 1.54) is 0 Å². The summed E-state index contributed by atoms with van der Waals surface area (Å²) in [5.41, 5.74) is -1.01. The highest BCUT2D eigenvalue weighted by atomic mass is 35.5. The number of carbonyl (C=O) groups excluding carboxylic acids is 1. The Kier molecular flexibility index (Phi) is 10.8. The zero-order chi connectivity index (χ0) is 29.1. The van der Waals surface area contributed by atoms with Crippen molar-refractivity contribution in [3.05, 3.63) is 144 Å². The summed E-state index contributed by atoms with van der Waals surface area (Å²) in [5, 5.41) is 32.5. The number of ether oxygens (including phenoxy) is 1. The van der Waals surface area contributed by atoms with Crippen molar-refractivity contribution in [2.24, 2.45) is 0 Å². The van der Waals surface area contributed by atoms with Crippen LogP contribution in [-0.2, 0) is 39.7 Å². The second-order valence-electron chi connectivity index (χ2n) is 10.2. The zero-order valence-corrected chi connectivity index (χ0v) is 23.4. The molecule has 0 radical (unpaired) electrons. The van der Waals surface area contributed by atoms with Crippen molar-refractivity contribution in [2.45, 2.75) is 49.3 Å². The summed E-state index contributed by atoms with van der Waals surface area (Å²) in [4.78, 5) is 14.8. The molecule has 0 saturated carbocycles. The molecule has 214 valence electrons. The summed E-state index contributed by atoms with van der Waals surface area (Å²) < 4.78 is 12.4. The summed E-state index contributed by atoms with van der Waals surface area (Å²) >= 11 is 6.36. The minimum absolute atomic E-state index is 0.00701. The number of halogens is 1. The molecule has 0 unspecified atom stereocenters. The highest BCUT2D eigenvalue weighted by molar-refractivity contribution is 6.08. The number of ketones is 1. The van der Waals surface area contributed by atoms with Crippen LogP contribution in [0.25, 0.3) is 0 Å². The van der Waals surface area contributed by atoms with Gasteiger partial charge in [0.1, 0.15) is 12.2 Å². The van der Waals surface area contributed by atoms with E-state index in [9.17, 15) is 20.1 Å². The van der Waals surface area contributed by atoms with E-state index >= 15 is 0 Å². The minimum Gasteiger partial charge on any atom is -0.394 e. The quantitative estimate of drug-likeness (QED) is 0.188. The third-order valence-electron chi connectivity index (χ3n) is 7.44. The normalized spacial score (nSPS) is 15.8. The maximum atomic E-state index is 14.8. The van der Waals surface area contributed by atoms with Crippen molar-refractivity contribution >= 4 is 17.6 Å². The van der Waals surface area contributed by atoms with Gasteiger partial charge in [-0.25, -0.2) is 0 Å². The summed E-state index contributed by atoms with van der Waals surface area (Å²) in [6.45, 7) is -0.794. The van der Waals surface area contributed by atoms with Gasteiger partial charge in [-0.2, -0.15) is 0 Å². The molecule has 0 bridgehead atoms. The largest absolute Gasteiger partial charge is 0.394 e. The van der Waals surface area contributed by atoms with Gasteiger partial charge in [-0.3, -0.25) is 9.08 Å². The van der Waals surface area contributed by atoms with Crippen molar-refractivity contribution < 1.29 is 29.1 Å². The van der Waals surface area contributed by atoms with Gasteiger partial charge >= 0.3 is 0 Å². The molecule has 3 N–H and O–H groups in total. The van der Waals surface area contributed by atoms with Crippen LogP contribution in [0.2, 0.25) is 0 Å². The molecule has 0 aliphatic carbocycles. The van der Waals surface area contributed by atoms with Gasteiger partial charge in [-0.05, 0) is 22.3 Å². The smallest absolute Gasteiger partial charge is 0.172 e. The Bertz CT molecular complexity index is 1340. The van der Waals surface area contributed by atoms with Crippen LogP contribution in [0.3, 0.4) is 0 Å². The highest BCUT2D eigenvalue weighted by Gasteiger charge is 2.63. The Morgan fingerprint density at radius 3 is 1.59 bits per heavy atom. The number of carbonyl (C=O) groups is 1. The minimum atomic E-state index is -2.03. The molecule has 7 heteroatoms. The van der Waals surface area contributed by atoms with Crippen LogP contribution < -0.4 is 0 Å². The van der Waals surface area contributed by atoms with E-state index in [-0.39, 0.29) is 25.9 Å². The highest BCUT2D eigenvalue weighted by Crippen LogP contribution is 2.43. The lowest BCUT2D eigenvalue weighted by molar-refractivity contribution is -0.229. The average molecular weight is 575 g/mol. The van der Waals surface area contributed by atoms with E-state index in [0.29, 0.717) is 5.56 Å².